The highest BCUT2D eigenvalue weighted by molar-refractivity contribution is 5.96. The van der Waals surface area contributed by atoms with Crippen LogP contribution in [-0.2, 0) is 9.53 Å². The SMILES string of the molecule is C[C@@H](NC(=O)C1(NC(=O)OC(C)(C)C)CC1)c1ccc(-c2cccc(F)c2C(=O)O)cc1. The first-order valence-electron chi connectivity index (χ1n) is 10.4. The molecule has 2 aromatic carbocycles. The minimum atomic E-state index is -1.34. The first kappa shape index (κ1) is 23.2. The summed E-state index contributed by atoms with van der Waals surface area (Å²) >= 11 is 0. The number of hydrogen-bond acceptors (Lipinski definition) is 4. The van der Waals surface area contributed by atoms with Gasteiger partial charge in [0, 0.05) is 0 Å². The van der Waals surface area contributed by atoms with Gasteiger partial charge in [0.25, 0.3) is 0 Å². The predicted molar refractivity (Wildman–Crippen MR) is 117 cm³/mol. The summed E-state index contributed by atoms with van der Waals surface area (Å²) < 4.78 is 19.2. The Balaban J connectivity index is 1.69. The molecule has 3 N–H and O–H groups in total. The molecule has 8 heteroatoms. The van der Waals surface area contributed by atoms with Crippen molar-refractivity contribution in [2.45, 2.75) is 57.7 Å². The summed E-state index contributed by atoms with van der Waals surface area (Å²) in [5.74, 6) is -2.43. The fourth-order valence-corrected chi connectivity index (χ4v) is 3.38. The van der Waals surface area contributed by atoms with Crippen LogP contribution in [0.25, 0.3) is 11.1 Å². The van der Waals surface area contributed by atoms with Crippen LogP contribution in [0.2, 0.25) is 0 Å². The van der Waals surface area contributed by atoms with Gasteiger partial charge in [-0.1, -0.05) is 36.4 Å². The molecule has 0 heterocycles. The molecule has 1 aliphatic carbocycles. The third kappa shape index (κ3) is 5.25. The molecule has 3 rings (SSSR count). The Labute approximate surface area is 186 Å². The highest BCUT2D eigenvalue weighted by atomic mass is 19.1. The zero-order valence-corrected chi connectivity index (χ0v) is 18.5. The molecular weight excluding hydrogens is 415 g/mol. The van der Waals surface area contributed by atoms with Crippen molar-refractivity contribution in [1.82, 2.24) is 10.6 Å². The second kappa shape index (κ2) is 8.61. The van der Waals surface area contributed by atoms with Crippen LogP contribution >= 0.6 is 0 Å². The van der Waals surface area contributed by atoms with Gasteiger partial charge in [-0.15, -0.1) is 0 Å². The van der Waals surface area contributed by atoms with E-state index in [0.717, 1.165) is 11.6 Å². The lowest BCUT2D eigenvalue weighted by Gasteiger charge is -2.24. The van der Waals surface area contributed by atoms with Crippen LogP contribution in [0.5, 0.6) is 0 Å². The van der Waals surface area contributed by atoms with Crippen LogP contribution in [0.4, 0.5) is 9.18 Å². The lowest BCUT2D eigenvalue weighted by atomic mass is 9.97. The molecule has 2 aromatic rings. The lowest BCUT2D eigenvalue weighted by molar-refractivity contribution is -0.124. The van der Waals surface area contributed by atoms with Crippen LogP contribution in [0.15, 0.2) is 42.5 Å². The molecule has 170 valence electrons. The van der Waals surface area contributed by atoms with Crippen LogP contribution in [-0.4, -0.2) is 34.2 Å². The van der Waals surface area contributed by atoms with Gasteiger partial charge in [-0.2, -0.15) is 0 Å². The molecule has 1 aliphatic rings. The van der Waals surface area contributed by atoms with Crippen molar-refractivity contribution in [2.75, 3.05) is 0 Å². The van der Waals surface area contributed by atoms with Gasteiger partial charge in [0.1, 0.15) is 22.5 Å². The zero-order chi connectivity index (χ0) is 23.7. The summed E-state index contributed by atoms with van der Waals surface area (Å²) in [6, 6.07) is 10.6. The van der Waals surface area contributed by atoms with E-state index in [4.69, 9.17) is 4.74 Å². The quantitative estimate of drug-likeness (QED) is 0.614. The normalized spacial score (nSPS) is 15.4. The van der Waals surface area contributed by atoms with E-state index in [1.807, 2.05) is 0 Å². The molecule has 1 atom stereocenters. The van der Waals surface area contributed by atoms with Gasteiger partial charge < -0.3 is 20.5 Å². The first-order valence-corrected chi connectivity index (χ1v) is 10.4. The van der Waals surface area contributed by atoms with Crippen LogP contribution < -0.4 is 10.6 Å². The van der Waals surface area contributed by atoms with Crippen molar-refractivity contribution in [3.05, 3.63) is 59.4 Å². The van der Waals surface area contributed by atoms with Gasteiger partial charge in [0.15, 0.2) is 0 Å². The number of carbonyl (C=O) groups is 3. The maximum atomic E-state index is 14.0. The van der Waals surface area contributed by atoms with Crippen LogP contribution in [0.1, 0.15) is 62.5 Å². The number of nitrogens with one attached hydrogen (secondary N) is 2. The summed E-state index contributed by atoms with van der Waals surface area (Å²) in [6.07, 6.45) is 0.425. The number of carbonyl (C=O) groups excluding carboxylic acids is 2. The van der Waals surface area contributed by atoms with Crippen LogP contribution in [0, 0.1) is 5.82 Å². The number of hydrogen-bond donors (Lipinski definition) is 3. The zero-order valence-electron chi connectivity index (χ0n) is 18.5. The van der Waals surface area contributed by atoms with Crippen molar-refractivity contribution in [3.63, 3.8) is 0 Å². The van der Waals surface area contributed by atoms with Gasteiger partial charge in [0.2, 0.25) is 5.91 Å². The van der Waals surface area contributed by atoms with Crippen molar-refractivity contribution in [2.24, 2.45) is 0 Å². The summed E-state index contributed by atoms with van der Waals surface area (Å²) in [5.41, 5.74) is -0.398. The lowest BCUT2D eigenvalue weighted by Crippen LogP contribution is -2.50. The summed E-state index contributed by atoms with van der Waals surface area (Å²) in [7, 11) is 0. The third-order valence-electron chi connectivity index (χ3n) is 5.22. The molecule has 2 amide bonds. The van der Waals surface area contributed by atoms with Crippen molar-refractivity contribution >= 4 is 18.0 Å². The number of carboxylic acids is 1. The second-order valence-electron chi connectivity index (χ2n) is 8.99. The van der Waals surface area contributed by atoms with Crippen molar-refractivity contribution in [3.8, 4) is 11.1 Å². The molecular formula is C24H27FN2O5. The summed E-state index contributed by atoms with van der Waals surface area (Å²) in [6.45, 7) is 7.06. The van der Waals surface area contributed by atoms with E-state index in [1.54, 1.807) is 58.0 Å². The number of amides is 2. The van der Waals surface area contributed by atoms with E-state index in [1.165, 1.54) is 6.07 Å². The van der Waals surface area contributed by atoms with E-state index in [9.17, 15) is 23.9 Å². The molecule has 7 nitrogen and oxygen atoms in total. The minimum absolute atomic E-state index is 0.277. The number of carboxylic acid groups (broad SMARTS) is 1. The molecule has 32 heavy (non-hydrogen) atoms. The number of halogens is 1. The van der Waals surface area contributed by atoms with Crippen molar-refractivity contribution < 1.29 is 28.6 Å². The Bertz CT molecular complexity index is 1040. The highest BCUT2D eigenvalue weighted by Crippen LogP contribution is 2.36. The molecule has 0 radical (unpaired) electrons. The van der Waals surface area contributed by atoms with E-state index in [0.29, 0.717) is 18.4 Å². The number of rotatable bonds is 6. The molecule has 1 fully saturated rings. The molecule has 0 spiro atoms. The molecule has 1 saturated carbocycles. The summed E-state index contributed by atoms with van der Waals surface area (Å²) in [4.78, 5) is 36.3. The average Bonchev–Trinajstić information content (AvgIpc) is 3.46. The Morgan fingerprint density at radius 2 is 1.72 bits per heavy atom. The van der Waals surface area contributed by atoms with Crippen molar-refractivity contribution in [1.29, 1.82) is 0 Å². The standard InChI is InChI=1S/C24H27FN2O5/c1-14(26-21(30)24(12-13-24)27-22(31)32-23(2,3)4)15-8-10-16(11-9-15)17-6-5-7-18(25)19(17)20(28)29/h5-11,14H,12-13H2,1-4H3,(H,26,30)(H,27,31)(H,28,29)/t14-/m1/s1. The Kier molecular flexibility index (Phi) is 6.25. The Hall–Kier alpha value is -3.42. The molecule has 0 saturated heterocycles. The van der Waals surface area contributed by atoms with E-state index in [-0.39, 0.29) is 23.1 Å². The third-order valence-corrected chi connectivity index (χ3v) is 5.22. The number of ether oxygens (including phenoxy) is 1. The smallest absolute Gasteiger partial charge is 0.408 e. The predicted octanol–water partition coefficient (Wildman–Crippen LogP) is 4.43. The monoisotopic (exact) mass is 442 g/mol. The fourth-order valence-electron chi connectivity index (χ4n) is 3.38. The molecule has 0 aliphatic heterocycles. The fraction of sp³-hybridized carbons (Fsp3) is 0.375. The van der Waals surface area contributed by atoms with Gasteiger partial charge in [-0.3, -0.25) is 4.79 Å². The van der Waals surface area contributed by atoms with Gasteiger partial charge >= 0.3 is 12.1 Å². The molecule has 0 aromatic heterocycles. The van der Waals surface area contributed by atoms with Gasteiger partial charge in [-0.25, -0.2) is 14.0 Å². The van der Waals surface area contributed by atoms with E-state index in [2.05, 4.69) is 10.6 Å². The maximum absolute atomic E-state index is 14.0. The Morgan fingerprint density at radius 1 is 1.09 bits per heavy atom. The largest absolute Gasteiger partial charge is 0.478 e. The highest BCUT2D eigenvalue weighted by Gasteiger charge is 2.52. The second-order valence-corrected chi connectivity index (χ2v) is 8.99. The topological polar surface area (TPSA) is 105 Å². The van der Waals surface area contributed by atoms with E-state index >= 15 is 0 Å². The molecule has 0 bridgehead atoms. The first-order chi connectivity index (χ1) is 14.9. The maximum Gasteiger partial charge on any atom is 0.408 e. The average molecular weight is 442 g/mol. The minimum Gasteiger partial charge on any atom is -0.478 e. The van der Waals surface area contributed by atoms with Gasteiger partial charge in [-0.05, 0) is 63.3 Å². The van der Waals surface area contributed by atoms with Gasteiger partial charge in [0.05, 0.1) is 6.04 Å². The number of aromatic carboxylic acids is 1. The number of benzene rings is 2. The molecule has 0 unspecified atom stereocenters. The summed E-state index contributed by atoms with van der Waals surface area (Å²) in [5, 5.41) is 14.9. The Morgan fingerprint density at radius 3 is 2.25 bits per heavy atom. The number of alkyl carbamates (subject to hydrolysis) is 1. The van der Waals surface area contributed by atoms with Crippen LogP contribution in [0.3, 0.4) is 0 Å². The van der Waals surface area contributed by atoms with E-state index < -0.39 is 29.0 Å².